The number of Topliss-reactive ketones (excluding diaryl/α,β-unsaturated/α-hetero) is 1. The summed E-state index contributed by atoms with van der Waals surface area (Å²) in [5.41, 5.74) is 0.526. The molecular weight excluding hydrogens is 1290 g/mol. The summed E-state index contributed by atoms with van der Waals surface area (Å²) in [5.74, 6) is -8.84. The number of rotatable bonds is 47. The predicted molar refractivity (Wildman–Crippen MR) is 351 cm³/mol. The van der Waals surface area contributed by atoms with Crippen molar-refractivity contribution in [3.05, 3.63) is 58.0 Å². The molecule has 0 bridgehead atoms. The third-order valence-corrected chi connectivity index (χ3v) is 17.7. The molecule has 2 aromatic carbocycles. The highest BCUT2D eigenvalue weighted by atomic mass is 35.5. The number of ketones is 1. The number of hydrogen-bond acceptors (Lipinski definition) is 15. The molecule has 3 heterocycles. The van der Waals surface area contributed by atoms with Crippen LogP contribution in [0.3, 0.4) is 0 Å². The molecule has 3 aromatic rings. The van der Waals surface area contributed by atoms with Gasteiger partial charge in [-0.05, 0) is 69.2 Å². The second kappa shape index (κ2) is 40.4. The highest BCUT2D eigenvalue weighted by Gasteiger charge is 2.67. The Bertz CT molecular complexity index is 3160. The molecule has 1 saturated carbocycles. The van der Waals surface area contributed by atoms with Crippen molar-refractivity contribution in [2.45, 2.75) is 192 Å². The first-order chi connectivity index (χ1) is 46.5. The van der Waals surface area contributed by atoms with E-state index in [0.29, 0.717) is 29.3 Å². The van der Waals surface area contributed by atoms with E-state index in [1.807, 2.05) is 0 Å². The zero-order valence-electron chi connectivity index (χ0n) is 55.7. The summed E-state index contributed by atoms with van der Waals surface area (Å²) in [4.78, 5) is 129. The van der Waals surface area contributed by atoms with E-state index in [2.05, 4.69) is 37.0 Å². The zero-order valence-corrected chi connectivity index (χ0v) is 56.4. The molecule has 0 radical (unpaired) electrons. The number of benzene rings is 2. The fourth-order valence-electron chi connectivity index (χ4n) is 12.2. The maximum atomic E-state index is 14.9. The predicted octanol–water partition coefficient (Wildman–Crippen LogP) is 7.37. The van der Waals surface area contributed by atoms with Gasteiger partial charge in [-0.1, -0.05) is 101 Å². The molecule has 97 heavy (non-hydrogen) atoms. The zero-order chi connectivity index (χ0) is 70.3. The van der Waals surface area contributed by atoms with Gasteiger partial charge >= 0.3 is 18.0 Å². The number of hydrogen-bond donors (Lipinski definition) is 8. The fraction of sp³-hybridized carbons (Fsp3) is 0.657. The van der Waals surface area contributed by atoms with E-state index in [1.54, 1.807) is 13.0 Å². The van der Waals surface area contributed by atoms with Crippen LogP contribution in [0.4, 0.5) is 23.7 Å². The van der Waals surface area contributed by atoms with Gasteiger partial charge in [-0.25, -0.2) is 22.8 Å². The first-order valence-corrected chi connectivity index (χ1v) is 34.2. The second-order valence-corrected chi connectivity index (χ2v) is 25.7. The molecule has 6 rings (SSSR count). The maximum absolute atomic E-state index is 14.9. The van der Waals surface area contributed by atoms with E-state index in [0.717, 1.165) is 56.3 Å². The van der Waals surface area contributed by atoms with E-state index < -0.39 is 102 Å². The Balaban J connectivity index is 0.800. The number of aromatic nitrogens is 2. The lowest BCUT2D eigenvalue weighted by Gasteiger charge is -2.32. The number of piperidine rings is 2. The van der Waals surface area contributed by atoms with Gasteiger partial charge in [-0.2, -0.15) is 5.10 Å². The van der Waals surface area contributed by atoms with E-state index >= 15 is 0 Å². The highest BCUT2D eigenvalue weighted by Crippen LogP contribution is 2.59. The quantitative estimate of drug-likeness (QED) is 0.0202. The lowest BCUT2D eigenvalue weighted by molar-refractivity contribution is -0.142. The molecule has 3 aliphatic rings. The van der Waals surface area contributed by atoms with Gasteiger partial charge in [-0.3, -0.25) is 43.0 Å². The number of unbranched alkanes of at least 4 members (excludes halogenated alkanes) is 13. The normalized spacial score (nSPS) is 17.3. The number of nitrogens with one attached hydrogen (secondary N) is 6. The number of halogens is 4. The number of urea groups is 1. The average Bonchev–Trinajstić information content (AvgIpc) is 1.54. The summed E-state index contributed by atoms with van der Waals surface area (Å²) in [7, 11) is 0. The van der Waals surface area contributed by atoms with Gasteiger partial charge in [0.05, 0.1) is 56.7 Å². The van der Waals surface area contributed by atoms with Gasteiger partial charge in [-0.15, -0.1) is 0 Å². The molecule has 1 aliphatic carbocycles. The monoisotopic (exact) mass is 1390 g/mol. The number of aryl methyl sites for hydroxylation is 1. The number of carboxylic acids is 2. The smallest absolute Gasteiger partial charge is 0.326 e. The minimum atomic E-state index is -3.02. The Morgan fingerprint density at radius 1 is 0.711 bits per heavy atom. The average molecular weight is 1390 g/mol. The van der Waals surface area contributed by atoms with E-state index in [1.165, 1.54) is 72.9 Å². The van der Waals surface area contributed by atoms with Crippen molar-refractivity contribution in [3.8, 4) is 0 Å². The van der Waals surface area contributed by atoms with Crippen LogP contribution in [0.1, 0.15) is 170 Å². The number of carbonyl (C=O) groups is 10. The molecule has 0 spiro atoms. The SMILES string of the molecule is CC(=O)c1nn(CC(=O)N2[C@H](C(=O)NCc3cccc(Cl)c3F)C[C@@]3(CNC(=O)COCCOCCNC(=O)COCCOCCNC(=O)CC[C@H](NC(=O)CCCCCCCCCCCCCCCCC(=O)O)C(=O)O)C[C@@H]23)c2c(C)cc(NC(=O)N3CCCC(F)(F)C3)cc12. The summed E-state index contributed by atoms with van der Waals surface area (Å²) in [6, 6.07) is 3.97. The third kappa shape index (κ3) is 26.7. The van der Waals surface area contributed by atoms with Gasteiger partial charge in [0.1, 0.15) is 43.4 Å². The highest BCUT2D eigenvalue weighted by molar-refractivity contribution is 6.30. The van der Waals surface area contributed by atoms with E-state index in [4.69, 9.17) is 35.7 Å². The van der Waals surface area contributed by atoms with Crippen LogP contribution >= 0.6 is 11.6 Å². The Morgan fingerprint density at radius 2 is 1.30 bits per heavy atom. The fourth-order valence-corrected chi connectivity index (χ4v) is 12.4. The molecule has 538 valence electrons. The van der Waals surface area contributed by atoms with Crippen LogP contribution < -0.4 is 31.9 Å². The Kier molecular flexibility index (Phi) is 32.7. The van der Waals surface area contributed by atoms with E-state index in [9.17, 15) is 66.2 Å². The van der Waals surface area contributed by atoms with E-state index in [-0.39, 0.29) is 158 Å². The molecule has 1 aromatic heterocycles. The number of carbonyl (C=O) groups excluding carboxylic acids is 8. The van der Waals surface area contributed by atoms with Gasteiger partial charge in [0.25, 0.3) is 5.92 Å². The second-order valence-electron chi connectivity index (χ2n) is 25.2. The molecular formula is C67H96ClF3N10O16. The topological polar surface area (TPSA) is 345 Å². The molecule has 8 N–H and O–H groups in total. The number of alkyl halides is 2. The number of likely N-dealkylation sites (tertiary alicyclic amines) is 2. The minimum absolute atomic E-state index is 0.00965. The van der Waals surface area contributed by atoms with Crippen LogP contribution in [0, 0.1) is 18.2 Å². The Labute approximate surface area is 568 Å². The van der Waals surface area contributed by atoms with Gasteiger partial charge in [0, 0.05) is 93.4 Å². The standard InChI is InChI=1S/C67H96ClF3N10O16/c1-45-35-48(76-65(93)79-28-18-25-67(70,71)44-79)36-49-61(46(2)82)78-80(62(45)49)40-58(87)81-52(63(90)74-39-47-19-17-20-50(68)60(47)69)37-66(38-53(66)81)43-75-57(86)42-97-34-32-95-30-27-73-56(85)41-96-33-31-94-29-26-72-54(83)24-23-51(64(91)92)77-55(84)21-15-13-11-9-7-5-3-4-6-8-10-12-14-16-22-59(88)89/h17,19-20,35-36,51-53H,3-16,18,21-34,37-44H2,1-2H3,(H,72,83)(H,73,85)(H,74,90)(H,75,86)(H,76,93)(H,77,84)(H,88,89)(H,91,92)/t51-,52-,53+,66-/m0/s1. The molecule has 3 fully saturated rings. The number of fused-ring (bicyclic) bond motifs is 2. The first-order valence-electron chi connectivity index (χ1n) is 33.8. The largest absolute Gasteiger partial charge is 0.481 e. The molecule has 8 amide bonds. The molecule has 4 atom stereocenters. The van der Waals surface area contributed by atoms with Crippen LogP contribution in [0.2, 0.25) is 5.02 Å². The van der Waals surface area contributed by atoms with Crippen molar-refractivity contribution >= 4 is 87.4 Å². The van der Waals surface area contributed by atoms with Crippen LogP contribution in [0.25, 0.3) is 10.9 Å². The molecule has 2 saturated heterocycles. The summed E-state index contributed by atoms with van der Waals surface area (Å²) in [6.45, 7) is 2.21. The van der Waals surface area contributed by atoms with Crippen molar-refractivity contribution in [3.63, 3.8) is 0 Å². The molecule has 0 unspecified atom stereocenters. The number of aliphatic carboxylic acids is 2. The van der Waals surface area contributed by atoms with Crippen molar-refractivity contribution in [2.24, 2.45) is 5.41 Å². The van der Waals surface area contributed by atoms with Crippen molar-refractivity contribution in [1.82, 2.24) is 46.2 Å². The molecule has 26 nitrogen and oxygen atoms in total. The Hall–Kier alpha value is -7.47. The number of amides is 8. The maximum Gasteiger partial charge on any atom is 0.326 e. The summed E-state index contributed by atoms with van der Waals surface area (Å²) < 4.78 is 66.3. The summed E-state index contributed by atoms with van der Waals surface area (Å²) >= 11 is 5.99. The van der Waals surface area contributed by atoms with Crippen molar-refractivity contribution < 1.29 is 90.3 Å². The van der Waals surface area contributed by atoms with Gasteiger partial charge < -0.3 is 70.9 Å². The summed E-state index contributed by atoms with van der Waals surface area (Å²) in [5, 5.41) is 39.0. The number of nitrogens with zero attached hydrogens (tertiary/aromatic N) is 4. The van der Waals surface area contributed by atoms with Crippen LogP contribution in [-0.4, -0.2) is 199 Å². The van der Waals surface area contributed by atoms with Crippen LogP contribution in [0.15, 0.2) is 30.3 Å². The van der Waals surface area contributed by atoms with Crippen LogP contribution in [0.5, 0.6) is 0 Å². The minimum Gasteiger partial charge on any atom is -0.481 e. The first kappa shape index (κ1) is 78.5. The molecule has 30 heteroatoms. The lowest BCUT2D eigenvalue weighted by Crippen LogP contribution is -2.48. The molecule has 2 aliphatic heterocycles. The number of ether oxygens (including phenoxy) is 4. The number of carboxylic acid groups (broad SMARTS) is 2. The van der Waals surface area contributed by atoms with Gasteiger partial charge in [0.15, 0.2) is 5.78 Å². The Morgan fingerprint density at radius 3 is 1.90 bits per heavy atom. The van der Waals surface area contributed by atoms with Crippen molar-refractivity contribution in [1.29, 1.82) is 0 Å². The number of anilines is 1. The summed E-state index contributed by atoms with van der Waals surface area (Å²) in [6.07, 6.45) is 15.4. The van der Waals surface area contributed by atoms with Gasteiger partial charge in [0.2, 0.25) is 35.4 Å². The van der Waals surface area contributed by atoms with Crippen molar-refractivity contribution in [2.75, 3.05) is 90.9 Å². The van der Waals surface area contributed by atoms with Crippen LogP contribution in [-0.2, 0) is 70.4 Å². The third-order valence-electron chi connectivity index (χ3n) is 17.4. The lowest BCUT2D eigenvalue weighted by atomic mass is 9.99.